The zero-order valence-corrected chi connectivity index (χ0v) is 11.4. The third kappa shape index (κ3) is 5.06. The fourth-order valence-corrected chi connectivity index (χ4v) is 2.74. The van der Waals surface area contributed by atoms with Crippen LogP contribution in [0.25, 0.3) is 0 Å². The van der Waals surface area contributed by atoms with Crippen LogP contribution in [0, 0.1) is 17.2 Å². The molecule has 3 nitrogen and oxygen atoms in total. The zero-order valence-electron chi connectivity index (χ0n) is 11.4. The third-order valence-corrected chi connectivity index (χ3v) is 3.78. The topological polar surface area (TPSA) is 39.1 Å². The standard InChI is InChI=1S/C14H27N3/c1-3-11-17(14(4-2)5-8-15)12-13-6-9-16-10-7-13/h13-14,16H,3-7,9-12H2,1-2H3. The number of nitrogens with zero attached hydrogens (tertiary/aromatic N) is 2. The van der Waals surface area contributed by atoms with Crippen LogP contribution in [-0.2, 0) is 0 Å². The van der Waals surface area contributed by atoms with Gasteiger partial charge < -0.3 is 5.32 Å². The molecule has 0 aromatic rings. The largest absolute Gasteiger partial charge is 0.317 e. The third-order valence-electron chi connectivity index (χ3n) is 3.78. The van der Waals surface area contributed by atoms with E-state index in [1.165, 1.54) is 38.9 Å². The summed E-state index contributed by atoms with van der Waals surface area (Å²) in [5, 5.41) is 12.3. The number of piperidine rings is 1. The van der Waals surface area contributed by atoms with E-state index < -0.39 is 0 Å². The monoisotopic (exact) mass is 237 g/mol. The Hall–Kier alpha value is -0.590. The first-order chi connectivity index (χ1) is 8.31. The predicted octanol–water partition coefficient (Wildman–Crippen LogP) is 2.39. The molecule has 0 amide bonds. The van der Waals surface area contributed by atoms with Gasteiger partial charge in [-0.25, -0.2) is 0 Å². The van der Waals surface area contributed by atoms with Crippen molar-refractivity contribution in [3.05, 3.63) is 0 Å². The molecule has 1 N–H and O–H groups in total. The van der Waals surface area contributed by atoms with Crippen molar-refractivity contribution in [2.75, 3.05) is 26.2 Å². The maximum Gasteiger partial charge on any atom is 0.0638 e. The Kier molecular flexibility index (Phi) is 7.23. The van der Waals surface area contributed by atoms with Gasteiger partial charge in [-0.3, -0.25) is 4.90 Å². The SMILES string of the molecule is CCCN(CC1CCNCC1)C(CC)CC#N. The predicted molar refractivity (Wildman–Crippen MR) is 71.8 cm³/mol. The molecule has 1 atom stereocenters. The molecular formula is C14H27N3. The molecule has 1 rings (SSSR count). The number of hydrogen-bond acceptors (Lipinski definition) is 3. The van der Waals surface area contributed by atoms with E-state index in [0.29, 0.717) is 12.5 Å². The van der Waals surface area contributed by atoms with Crippen LogP contribution in [0.5, 0.6) is 0 Å². The van der Waals surface area contributed by atoms with E-state index in [-0.39, 0.29) is 0 Å². The Morgan fingerprint density at radius 3 is 2.59 bits per heavy atom. The molecule has 1 unspecified atom stereocenters. The van der Waals surface area contributed by atoms with Gasteiger partial charge in [0, 0.05) is 12.6 Å². The highest BCUT2D eigenvalue weighted by Gasteiger charge is 2.21. The Balaban J connectivity index is 2.47. The Morgan fingerprint density at radius 2 is 2.06 bits per heavy atom. The molecule has 0 aliphatic carbocycles. The Bertz CT molecular complexity index is 228. The van der Waals surface area contributed by atoms with Gasteiger partial charge in [0.25, 0.3) is 0 Å². The van der Waals surface area contributed by atoms with E-state index in [2.05, 4.69) is 30.1 Å². The number of rotatable bonds is 7. The summed E-state index contributed by atoms with van der Waals surface area (Å²) >= 11 is 0. The van der Waals surface area contributed by atoms with E-state index in [1.54, 1.807) is 0 Å². The molecule has 1 heterocycles. The average molecular weight is 237 g/mol. The highest BCUT2D eigenvalue weighted by atomic mass is 15.2. The number of nitrogens with one attached hydrogen (secondary N) is 1. The lowest BCUT2D eigenvalue weighted by Gasteiger charge is -2.34. The highest BCUT2D eigenvalue weighted by molar-refractivity contribution is 4.83. The van der Waals surface area contributed by atoms with Crippen molar-refractivity contribution in [3.8, 4) is 6.07 Å². The second-order valence-corrected chi connectivity index (χ2v) is 5.11. The second kappa shape index (κ2) is 8.49. The zero-order chi connectivity index (χ0) is 12.5. The van der Waals surface area contributed by atoms with Gasteiger partial charge >= 0.3 is 0 Å². The van der Waals surface area contributed by atoms with Gasteiger partial charge in [-0.15, -0.1) is 0 Å². The molecular weight excluding hydrogens is 210 g/mol. The molecule has 0 spiro atoms. The van der Waals surface area contributed by atoms with Gasteiger partial charge in [0.05, 0.1) is 12.5 Å². The summed E-state index contributed by atoms with van der Waals surface area (Å²) in [4.78, 5) is 2.55. The van der Waals surface area contributed by atoms with Crippen LogP contribution < -0.4 is 5.32 Å². The summed E-state index contributed by atoms with van der Waals surface area (Å²) in [6, 6.07) is 2.81. The summed E-state index contributed by atoms with van der Waals surface area (Å²) in [5.74, 6) is 0.829. The van der Waals surface area contributed by atoms with Gasteiger partial charge in [-0.1, -0.05) is 13.8 Å². The molecule has 0 aromatic carbocycles. The fraction of sp³-hybridized carbons (Fsp3) is 0.929. The van der Waals surface area contributed by atoms with E-state index in [1.807, 2.05) is 0 Å². The Labute approximate surface area is 106 Å². The van der Waals surface area contributed by atoms with Crippen molar-refractivity contribution in [1.82, 2.24) is 10.2 Å². The highest BCUT2D eigenvalue weighted by Crippen LogP contribution is 2.17. The molecule has 1 aliphatic rings. The summed E-state index contributed by atoms with van der Waals surface area (Å²) in [6.45, 7) is 9.10. The van der Waals surface area contributed by atoms with E-state index >= 15 is 0 Å². The Morgan fingerprint density at radius 1 is 1.35 bits per heavy atom. The molecule has 0 aromatic heterocycles. The number of nitriles is 1. The van der Waals surface area contributed by atoms with Crippen molar-refractivity contribution in [2.45, 2.75) is 52.0 Å². The van der Waals surface area contributed by atoms with Crippen LogP contribution in [0.3, 0.4) is 0 Å². The minimum atomic E-state index is 0.467. The van der Waals surface area contributed by atoms with Crippen molar-refractivity contribution < 1.29 is 0 Å². The van der Waals surface area contributed by atoms with E-state index in [4.69, 9.17) is 5.26 Å². The maximum absolute atomic E-state index is 8.90. The molecule has 17 heavy (non-hydrogen) atoms. The smallest absolute Gasteiger partial charge is 0.0638 e. The minimum Gasteiger partial charge on any atom is -0.317 e. The van der Waals surface area contributed by atoms with Gasteiger partial charge in [-0.2, -0.15) is 5.26 Å². The first-order valence-corrected chi connectivity index (χ1v) is 7.13. The van der Waals surface area contributed by atoms with Crippen LogP contribution in [0.4, 0.5) is 0 Å². The van der Waals surface area contributed by atoms with Gasteiger partial charge in [0.2, 0.25) is 0 Å². The lowest BCUT2D eigenvalue weighted by atomic mass is 9.96. The van der Waals surface area contributed by atoms with Crippen LogP contribution in [0.1, 0.15) is 46.0 Å². The fourth-order valence-electron chi connectivity index (χ4n) is 2.74. The number of hydrogen-bond donors (Lipinski definition) is 1. The molecule has 98 valence electrons. The normalized spacial score (nSPS) is 19.2. The van der Waals surface area contributed by atoms with Crippen LogP contribution in [0.2, 0.25) is 0 Å². The van der Waals surface area contributed by atoms with Crippen molar-refractivity contribution in [1.29, 1.82) is 5.26 Å². The molecule has 1 fully saturated rings. The molecule has 1 saturated heterocycles. The lowest BCUT2D eigenvalue weighted by Crippen LogP contribution is -2.41. The van der Waals surface area contributed by atoms with Gasteiger partial charge in [0.1, 0.15) is 0 Å². The minimum absolute atomic E-state index is 0.467. The molecule has 0 saturated carbocycles. The van der Waals surface area contributed by atoms with Crippen LogP contribution in [-0.4, -0.2) is 37.1 Å². The van der Waals surface area contributed by atoms with Crippen molar-refractivity contribution in [2.24, 2.45) is 5.92 Å². The summed E-state index contributed by atoms with van der Waals surface area (Å²) in [5.41, 5.74) is 0. The quantitative estimate of drug-likeness (QED) is 0.739. The molecule has 1 aliphatic heterocycles. The first kappa shape index (κ1) is 14.5. The summed E-state index contributed by atoms with van der Waals surface area (Å²) in [6.07, 6.45) is 5.55. The first-order valence-electron chi connectivity index (χ1n) is 7.13. The van der Waals surface area contributed by atoms with Crippen LogP contribution in [0.15, 0.2) is 0 Å². The van der Waals surface area contributed by atoms with Crippen molar-refractivity contribution >= 4 is 0 Å². The van der Waals surface area contributed by atoms with Crippen molar-refractivity contribution in [3.63, 3.8) is 0 Å². The van der Waals surface area contributed by atoms with E-state index in [0.717, 1.165) is 18.9 Å². The van der Waals surface area contributed by atoms with E-state index in [9.17, 15) is 0 Å². The second-order valence-electron chi connectivity index (χ2n) is 5.11. The maximum atomic E-state index is 8.90. The average Bonchev–Trinajstić information content (AvgIpc) is 2.37. The van der Waals surface area contributed by atoms with Crippen LogP contribution >= 0.6 is 0 Å². The van der Waals surface area contributed by atoms with Gasteiger partial charge in [0.15, 0.2) is 0 Å². The molecule has 0 bridgehead atoms. The molecule has 0 radical (unpaired) electrons. The lowest BCUT2D eigenvalue weighted by molar-refractivity contribution is 0.149. The summed E-state index contributed by atoms with van der Waals surface area (Å²) < 4.78 is 0. The molecule has 3 heteroatoms. The van der Waals surface area contributed by atoms with Gasteiger partial charge in [-0.05, 0) is 51.2 Å². The summed E-state index contributed by atoms with van der Waals surface area (Å²) in [7, 11) is 0.